The summed E-state index contributed by atoms with van der Waals surface area (Å²) in [5.41, 5.74) is 3.07. The number of aryl methyl sites for hydroxylation is 1. The Labute approximate surface area is 156 Å². The molecule has 0 spiro atoms. The molecule has 1 aliphatic rings. The van der Waals surface area contributed by atoms with E-state index in [9.17, 15) is 9.59 Å². The van der Waals surface area contributed by atoms with Crippen molar-refractivity contribution in [2.45, 2.75) is 13.3 Å². The molecule has 132 valence electrons. The lowest BCUT2D eigenvalue weighted by atomic mass is 10.1. The van der Waals surface area contributed by atoms with Crippen LogP contribution in [0.1, 0.15) is 17.5 Å². The third-order valence-corrected chi connectivity index (χ3v) is 4.68. The summed E-state index contributed by atoms with van der Waals surface area (Å²) in [5, 5.41) is 9.35. The molecule has 0 aromatic heterocycles. The molecule has 0 radical (unpaired) electrons. The van der Waals surface area contributed by atoms with Gasteiger partial charge in [0.2, 0.25) is 0 Å². The van der Waals surface area contributed by atoms with Gasteiger partial charge in [-0.2, -0.15) is 0 Å². The summed E-state index contributed by atoms with van der Waals surface area (Å²) in [6.45, 7) is 1.99. The quantitative estimate of drug-likeness (QED) is 0.814. The highest BCUT2D eigenvalue weighted by molar-refractivity contribution is 8.14. The number of hydrogen-bond acceptors (Lipinski definition) is 4. The SMILES string of the molecule is Cc1cccc(/C=C2/N=C(SCCC(=O)O)N(c3ccccc3)C2=O)c1. The van der Waals surface area contributed by atoms with Gasteiger partial charge in [-0.1, -0.05) is 59.8 Å². The van der Waals surface area contributed by atoms with Gasteiger partial charge < -0.3 is 5.11 Å². The Balaban J connectivity index is 1.92. The van der Waals surface area contributed by atoms with Crippen LogP contribution in [0.25, 0.3) is 6.08 Å². The fourth-order valence-electron chi connectivity index (χ4n) is 2.55. The van der Waals surface area contributed by atoms with Crippen molar-refractivity contribution < 1.29 is 14.7 Å². The number of rotatable bonds is 5. The summed E-state index contributed by atoms with van der Waals surface area (Å²) in [6.07, 6.45) is 1.77. The molecule has 0 unspecified atom stereocenters. The number of para-hydroxylation sites is 1. The molecule has 2 aromatic rings. The molecular weight excluding hydrogens is 348 g/mol. The largest absolute Gasteiger partial charge is 0.481 e. The van der Waals surface area contributed by atoms with Crippen molar-refractivity contribution >= 4 is 40.6 Å². The molecule has 0 fully saturated rings. The van der Waals surface area contributed by atoms with Crippen molar-refractivity contribution in [2.24, 2.45) is 4.99 Å². The molecule has 0 aliphatic carbocycles. The van der Waals surface area contributed by atoms with Gasteiger partial charge in [-0.3, -0.25) is 14.5 Å². The molecule has 0 atom stereocenters. The first-order chi connectivity index (χ1) is 12.5. The molecule has 6 heteroatoms. The number of aliphatic imine (C=N–C) groups is 1. The smallest absolute Gasteiger partial charge is 0.304 e. The number of carboxylic acid groups (broad SMARTS) is 1. The van der Waals surface area contributed by atoms with Gasteiger partial charge in [0.15, 0.2) is 5.17 Å². The van der Waals surface area contributed by atoms with Gasteiger partial charge >= 0.3 is 5.97 Å². The Kier molecular flexibility index (Phi) is 5.53. The number of amides is 1. The Hall–Kier alpha value is -2.86. The topological polar surface area (TPSA) is 70.0 Å². The minimum atomic E-state index is -0.871. The van der Waals surface area contributed by atoms with Gasteiger partial charge in [0.25, 0.3) is 5.91 Å². The van der Waals surface area contributed by atoms with Crippen molar-refractivity contribution in [3.8, 4) is 0 Å². The van der Waals surface area contributed by atoms with E-state index >= 15 is 0 Å². The normalized spacial score (nSPS) is 15.4. The number of amidine groups is 1. The average molecular weight is 366 g/mol. The molecule has 0 bridgehead atoms. The Morgan fingerprint density at radius 1 is 1.19 bits per heavy atom. The van der Waals surface area contributed by atoms with Crippen LogP contribution in [0.5, 0.6) is 0 Å². The van der Waals surface area contributed by atoms with Crippen LogP contribution in [0.3, 0.4) is 0 Å². The first kappa shape index (κ1) is 17.9. The number of carboxylic acids is 1. The maximum atomic E-state index is 12.9. The van der Waals surface area contributed by atoms with Crippen LogP contribution in [-0.4, -0.2) is 27.9 Å². The van der Waals surface area contributed by atoms with Crippen molar-refractivity contribution in [2.75, 3.05) is 10.7 Å². The number of nitrogens with zero attached hydrogens (tertiary/aromatic N) is 2. The second kappa shape index (κ2) is 8.01. The lowest BCUT2D eigenvalue weighted by molar-refractivity contribution is -0.136. The first-order valence-electron chi connectivity index (χ1n) is 8.16. The van der Waals surface area contributed by atoms with Gasteiger partial charge in [-0.05, 0) is 30.7 Å². The van der Waals surface area contributed by atoms with Crippen molar-refractivity contribution in [1.82, 2.24) is 0 Å². The summed E-state index contributed by atoms with van der Waals surface area (Å²) in [6, 6.07) is 17.1. The van der Waals surface area contributed by atoms with Crippen LogP contribution in [0.15, 0.2) is 65.3 Å². The molecule has 1 N–H and O–H groups in total. The number of carbonyl (C=O) groups is 2. The maximum absolute atomic E-state index is 12.9. The lowest BCUT2D eigenvalue weighted by Crippen LogP contribution is -2.30. The molecule has 1 aliphatic heterocycles. The number of benzene rings is 2. The van der Waals surface area contributed by atoms with Gasteiger partial charge in [-0.25, -0.2) is 4.99 Å². The van der Waals surface area contributed by atoms with E-state index in [2.05, 4.69) is 4.99 Å². The van der Waals surface area contributed by atoms with E-state index in [0.29, 0.717) is 22.3 Å². The standard InChI is InChI=1S/C20H18N2O3S/c1-14-6-5-7-15(12-14)13-17-19(25)22(16-8-3-2-4-9-16)20(21-17)26-11-10-18(23)24/h2-9,12-13H,10-11H2,1H3,(H,23,24)/b17-13+. The zero-order valence-electron chi connectivity index (χ0n) is 14.3. The predicted octanol–water partition coefficient (Wildman–Crippen LogP) is 3.95. The molecule has 5 nitrogen and oxygen atoms in total. The highest BCUT2D eigenvalue weighted by Gasteiger charge is 2.31. The highest BCUT2D eigenvalue weighted by atomic mass is 32.2. The highest BCUT2D eigenvalue weighted by Crippen LogP contribution is 2.29. The zero-order valence-corrected chi connectivity index (χ0v) is 15.1. The molecule has 0 saturated heterocycles. The summed E-state index contributed by atoms with van der Waals surface area (Å²) < 4.78 is 0. The summed E-state index contributed by atoms with van der Waals surface area (Å²) in [4.78, 5) is 29.7. The van der Waals surface area contributed by atoms with Crippen LogP contribution in [0.2, 0.25) is 0 Å². The lowest BCUT2D eigenvalue weighted by Gasteiger charge is -2.17. The van der Waals surface area contributed by atoms with Crippen molar-refractivity contribution in [1.29, 1.82) is 0 Å². The number of carbonyl (C=O) groups excluding carboxylic acids is 1. The molecule has 1 heterocycles. The minimum absolute atomic E-state index is 0.0113. The number of thioether (sulfide) groups is 1. The van der Waals surface area contributed by atoms with Gasteiger partial charge in [-0.15, -0.1) is 0 Å². The number of aliphatic carboxylic acids is 1. The second-order valence-electron chi connectivity index (χ2n) is 5.81. The zero-order chi connectivity index (χ0) is 18.5. The van der Waals surface area contributed by atoms with Crippen LogP contribution in [-0.2, 0) is 9.59 Å². The van der Waals surface area contributed by atoms with E-state index in [0.717, 1.165) is 11.1 Å². The first-order valence-corrected chi connectivity index (χ1v) is 9.14. The van der Waals surface area contributed by atoms with E-state index in [1.165, 1.54) is 16.7 Å². The van der Waals surface area contributed by atoms with E-state index in [1.54, 1.807) is 6.08 Å². The monoisotopic (exact) mass is 366 g/mol. The Morgan fingerprint density at radius 2 is 1.96 bits per heavy atom. The van der Waals surface area contributed by atoms with Gasteiger partial charge in [0.1, 0.15) is 5.70 Å². The third-order valence-electron chi connectivity index (χ3n) is 3.74. The van der Waals surface area contributed by atoms with Crippen LogP contribution in [0, 0.1) is 6.92 Å². The predicted molar refractivity (Wildman–Crippen MR) is 105 cm³/mol. The molecular formula is C20H18N2O3S. The Bertz CT molecular complexity index is 891. The van der Waals surface area contributed by atoms with Gasteiger partial charge in [0.05, 0.1) is 12.1 Å². The Morgan fingerprint density at radius 3 is 2.65 bits per heavy atom. The van der Waals surface area contributed by atoms with E-state index in [1.807, 2.05) is 61.5 Å². The van der Waals surface area contributed by atoms with Crippen molar-refractivity contribution in [3.63, 3.8) is 0 Å². The summed E-state index contributed by atoms with van der Waals surface area (Å²) in [7, 11) is 0. The average Bonchev–Trinajstić information content (AvgIpc) is 2.91. The number of anilines is 1. The summed E-state index contributed by atoms with van der Waals surface area (Å²) >= 11 is 1.27. The molecule has 1 amide bonds. The number of hydrogen-bond donors (Lipinski definition) is 1. The fraction of sp³-hybridized carbons (Fsp3) is 0.150. The molecule has 0 saturated carbocycles. The van der Waals surface area contributed by atoms with Crippen LogP contribution in [0.4, 0.5) is 5.69 Å². The maximum Gasteiger partial charge on any atom is 0.304 e. The second-order valence-corrected chi connectivity index (χ2v) is 6.87. The summed E-state index contributed by atoms with van der Waals surface area (Å²) in [5.74, 6) is -0.734. The minimum Gasteiger partial charge on any atom is -0.481 e. The molecule has 3 rings (SSSR count). The fourth-order valence-corrected chi connectivity index (χ4v) is 3.48. The van der Waals surface area contributed by atoms with Crippen molar-refractivity contribution in [3.05, 3.63) is 71.4 Å². The third kappa shape index (κ3) is 4.21. The van der Waals surface area contributed by atoms with Crippen LogP contribution >= 0.6 is 11.8 Å². The van der Waals surface area contributed by atoms with E-state index in [-0.39, 0.29) is 12.3 Å². The van der Waals surface area contributed by atoms with E-state index < -0.39 is 5.97 Å². The molecule has 2 aromatic carbocycles. The molecule has 26 heavy (non-hydrogen) atoms. The van der Waals surface area contributed by atoms with E-state index in [4.69, 9.17) is 5.11 Å². The van der Waals surface area contributed by atoms with Crippen LogP contribution < -0.4 is 4.90 Å². The van der Waals surface area contributed by atoms with Gasteiger partial charge in [0, 0.05) is 5.75 Å².